The molecule has 0 saturated carbocycles. The van der Waals surface area contributed by atoms with Gasteiger partial charge < -0.3 is 5.21 Å². The van der Waals surface area contributed by atoms with Gasteiger partial charge in [0.2, 0.25) is 0 Å². The lowest BCUT2D eigenvalue weighted by Crippen LogP contribution is -1.88. The highest BCUT2D eigenvalue weighted by Crippen LogP contribution is 2.02. The van der Waals surface area contributed by atoms with Gasteiger partial charge in [-0.3, -0.25) is 0 Å². The van der Waals surface area contributed by atoms with Crippen LogP contribution in [-0.2, 0) is 0 Å². The van der Waals surface area contributed by atoms with Gasteiger partial charge >= 0.3 is 0 Å². The molecule has 0 bridgehead atoms. The van der Waals surface area contributed by atoms with E-state index in [0.29, 0.717) is 5.56 Å². The third-order valence-corrected chi connectivity index (χ3v) is 1.39. The lowest BCUT2D eigenvalue weighted by Gasteiger charge is -1.91. The average Bonchev–Trinajstić information content (AvgIpc) is 2.21. The number of oxime groups is 1. The summed E-state index contributed by atoms with van der Waals surface area (Å²) in [5, 5.41) is 11.2. The number of hydrogen-bond donors (Lipinski definition) is 1. The maximum atomic E-state index is 8.24. The molecule has 0 atom stereocenters. The first-order chi connectivity index (χ1) is 5.84. The van der Waals surface area contributed by atoms with Crippen molar-refractivity contribution < 1.29 is 5.21 Å². The normalized spacial score (nSPS) is 10.1. The molecule has 0 radical (unpaired) electrons. The molecule has 1 aromatic rings. The van der Waals surface area contributed by atoms with E-state index in [2.05, 4.69) is 5.16 Å². The minimum absolute atomic E-state index is 0.112. The molecule has 0 spiro atoms. The molecule has 0 saturated heterocycles. The second kappa shape index (κ2) is 6.68. The number of nitrogens with zero attached hydrogens (tertiary/aromatic N) is 1. The van der Waals surface area contributed by atoms with Gasteiger partial charge in [-0.25, -0.2) is 0 Å². The molecule has 0 unspecified atom stereocenters. The summed E-state index contributed by atoms with van der Waals surface area (Å²) in [4.78, 5) is 0. The van der Waals surface area contributed by atoms with E-state index in [1.165, 1.54) is 0 Å². The van der Waals surface area contributed by atoms with Gasteiger partial charge in [0.1, 0.15) is 0 Å². The number of halogens is 1. The Morgan fingerprint density at radius 3 is 2.17 bits per heavy atom. The van der Waals surface area contributed by atoms with Crippen LogP contribution in [-0.4, -0.2) is 10.4 Å². The van der Waals surface area contributed by atoms with E-state index in [1.54, 1.807) is 12.1 Å². The molecule has 0 fully saturated rings. The van der Waals surface area contributed by atoms with Crippen LogP contribution in [0.1, 0.15) is 19.4 Å². The van der Waals surface area contributed by atoms with Gasteiger partial charge in [0.25, 0.3) is 0 Å². The molecule has 0 aromatic heterocycles. The zero-order valence-electron chi connectivity index (χ0n) is 7.16. The van der Waals surface area contributed by atoms with E-state index in [0.717, 1.165) is 0 Å². The highest BCUT2D eigenvalue weighted by Gasteiger charge is 1.95. The summed E-state index contributed by atoms with van der Waals surface area (Å²) in [5.41, 5.74) is 0.715. The van der Waals surface area contributed by atoms with Gasteiger partial charge in [-0.1, -0.05) is 60.9 Å². The van der Waals surface area contributed by atoms with Crippen molar-refractivity contribution >= 4 is 16.8 Å². The Morgan fingerprint density at radius 1 is 1.25 bits per heavy atom. The summed E-state index contributed by atoms with van der Waals surface area (Å²) >= 11 is 5.49. The van der Waals surface area contributed by atoms with Gasteiger partial charge in [-0.15, -0.1) is 0 Å². The molecule has 3 heteroatoms. The minimum atomic E-state index is 0.112. The van der Waals surface area contributed by atoms with Crippen molar-refractivity contribution in [3.63, 3.8) is 0 Å². The van der Waals surface area contributed by atoms with Crippen LogP contribution in [0, 0.1) is 0 Å². The third-order valence-electron chi connectivity index (χ3n) is 1.10. The van der Waals surface area contributed by atoms with E-state index < -0.39 is 0 Å². The molecular weight excluding hydrogens is 174 g/mol. The summed E-state index contributed by atoms with van der Waals surface area (Å²) < 4.78 is 0. The average molecular weight is 186 g/mol. The van der Waals surface area contributed by atoms with Crippen LogP contribution >= 0.6 is 11.6 Å². The lowest BCUT2D eigenvalue weighted by atomic mass is 10.2. The van der Waals surface area contributed by atoms with Crippen LogP contribution in [0.25, 0.3) is 0 Å². The van der Waals surface area contributed by atoms with Crippen LogP contribution in [0.3, 0.4) is 0 Å². The maximum Gasteiger partial charge on any atom is 0.175 e. The van der Waals surface area contributed by atoms with Gasteiger partial charge in [-0.2, -0.15) is 0 Å². The second-order valence-electron chi connectivity index (χ2n) is 1.76. The van der Waals surface area contributed by atoms with Crippen molar-refractivity contribution in [1.82, 2.24) is 0 Å². The molecule has 0 aliphatic heterocycles. The number of benzene rings is 1. The molecular formula is C9H12ClNO. The molecule has 0 heterocycles. The van der Waals surface area contributed by atoms with E-state index >= 15 is 0 Å². The monoisotopic (exact) mass is 185 g/mol. The van der Waals surface area contributed by atoms with E-state index in [9.17, 15) is 0 Å². The van der Waals surface area contributed by atoms with Crippen LogP contribution < -0.4 is 0 Å². The fourth-order valence-electron chi connectivity index (χ4n) is 0.633. The Bertz CT molecular complexity index is 234. The van der Waals surface area contributed by atoms with Gasteiger partial charge in [0.05, 0.1) is 0 Å². The molecule has 0 aliphatic carbocycles. The summed E-state index contributed by atoms with van der Waals surface area (Å²) in [6.45, 7) is 4.00. The summed E-state index contributed by atoms with van der Waals surface area (Å²) in [6, 6.07) is 9.04. The molecule has 1 rings (SSSR count). The summed E-state index contributed by atoms with van der Waals surface area (Å²) in [7, 11) is 0. The van der Waals surface area contributed by atoms with Crippen molar-refractivity contribution in [1.29, 1.82) is 0 Å². The van der Waals surface area contributed by atoms with Crippen LogP contribution in [0.4, 0.5) is 0 Å². The van der Waals surface area contributed by atoms with Crippen molar-refractivity contribution in [3.05, 3.63) is 35.9 Å². The zero-order chi connectivity index (χ0) is 9.40. The van der Waals surface area contributed by atoms with Crippen LogP contribution in [0.2, 0.25) is 0 Å². The molecule has 66 valence electrons. The fourth-order valence-corrected chi connectivity index (χ4v) is 0.759. The van der Waals surface area contributed by atoms with Gasteiger partial charge in [0, 0.05) is 5.56 Å². The highest BCUT2D eigenvalue weighted by atomic mass is 35.5. The highest BCUT2D eigenvalue weighted by molar-refractivity contribution is 6.69. The Kier molecular flexibility index (Phi) is 6.11. The van der Waals surface area contributed by atoms with Gasteiger partial charge in [-0.05, 0) is 0 Å². The lowest BCUT2D eigenvalue weighted by molar-refractivity contribution is 0.321. The van der Waals surface area contributed by atoms with E-state index in [-0.39, 0.29) is 5.17 Å². The summed E-state index contributed by atoms with van der Waals surface area (Å²) in [5.74, 6) is 0. The Labute approximate surface area is 77.5 Å². The maximum absolute atomic E-state index is 8.24. The third kappa shape index (κ3) is 3.39. The van der Waals surface area contributed by atoms with Crippen molar-refractivity contribution in [3.8, 4) is 0 Å². The fraction of sp³-hybridized carbons (Fsp3) is 0.222. The van der Waals surface area contributed by atoms with Gasteiger partial charge in [0.15, 0.2) is 5.17 Å². The van der Waals surface area contributed by atoms with Crippen LogP contribution in [0.5, 0.6) is 0 Å². The first kappa shape index (κ1) is 11.0. The molecule has 12 heavy (non-hydrogen) atoms. The zero-order valence-corrected chi connectivity index (χ0v) is 7.92. The second-order valence-corrected chi connectivity index (χ2v) is 2.11. The van der Waals surface area contributed by atoms with Crippen molar-refractivity contribution in [2.75, 3.05) is 0 Å². The topological polar surface area (TPSA) is 32.6 Å². The molecule has 1 N–H and O–H groups in total. The number of hydrogen-bond acceptors (Lipinski definition) is 2. The summed E-state index contributed by atoms with van der Waals surface area (Å²) in [6.07, 6.45) is 0. The number of rotatable bonds is 1. The first-order valence-electron chi connectivity index (χ1n) is 3.77. The van der Waals surface area contributed by atoms with E-state index in [1.807, 2.05) is 32.0 Å². The quantitative estimate of drug-likeness (QED) is 0.407. The predicted octanol–water partition coefficient (Wildman–Crippen LogP) is 3.09. The Hall–Kier alpha value is -1.02. The first-order valence-corrected chi connectivity index (χ1v) is 4.15. The largest absolute Gasteiger partial charge is 0.410 e. The van der Waals surface area contributed by atoms with Crippen molar-refractivity contribution in [2.24, 2.45) is 5.16 Å². The Morgan fingerprint density at radius 2 is 1.75 bits per heavy atom. The van der Waals surface area contributed by atoms with Crippen LogP contribution in [0.15, 0.2) is 35.5 Å². The molecule has 2 nitrogen and oxygen atoms in total. The molecule has 1 aromatic carbocycles. The SMILES string of the molecule is CC.O/N=C(\Cl)c1ccccc1. The van der Waals surface area contributed by atoms with E-state index in [4.69, 9.17) is 16.8 Å². The predicted molar refractivity (Wildman–Crippen MR) is 52.0 cm³/mol. The Balaban J connectivity index is 0.000000561. The van der Waals surface area contributed by atoms with Crippen molar-refractivity contribution in [2.45, 2.75) is 13.8 Å². The molecule has 0 aliphatic rings. The molecule has 0 amide bonds. The minimum Gasteiger partial charge on any atom is -0.410 e. The smallest absolute Gasteiger partial charge is 0.175 e. The standard InChI is InChI=1S/C7H6ClNO.C2H6/c8-7(9-10)6-4-2-1-3-5-6;1-2/h1-5,10H;1-2H3/b9-7-;.